The lowest BCUT2D eigenvalue weighted by atomic mass is 9.99. The molecule has 3 amide bonds. The smallest absolute Gasteiger partial charge is 0.352 e. The number of pyridine rings is 2. The predicted molar refractivity (Wildman–Crippen MR) is 163 cm³/mol. The van der Waals surface area contributed by atoms with Gasteiger partial charge in [-0.1, -0.05) is 6.07 Å². The number of aromatic nitrogens is 3. The van der Waals surface area contributed by atoms with Crippen molar-refractivity contribution in [2.45, 2.75) is 38.4 Å². The van der Waals surface area contributed by atoms with E-state index in [4.69, 9.17) is 9.79 Å². The summed E-state index contributed by atoms with van der Waals surface area (Å²) in [6, 6.07) is 5.82. The molecule has 0 aliphatic heterocycles. The summed E-state index contributed by atoms with van der Waals surface area (Å²) in [4.78, 5) is 64.5. The number of phosphoric acid groups is 1. The molecular formula is C28H28F3N6O7PS. The number of benzene rings is 1. The number of nitrogens with zero attached hydrogens (tertiary/aromatic N) is 3. The van der Waals surface area contributed by atoms with Crippen LogP contribution in [0.15, 0.2) is 46.8 Å². The molecule has 3 aromatic heterocycles. The van der Waals surface area contributed by atoms with Crippen LogP contribution in [-0.4, -0.2) is 56.0 Å². The Labute approximate surface area is 263 Å². The third-order valence-electron chi connectivity index (χ3n) is 6.90. The highest BCUT2D eigenvalue weighted by atomic mass is 32.1. The van der Waals surface area contributed by atoms with E-state index in [1.807, 2.05) is 4.57 Å². The van der Waals surface area contributed by atoms with Crippen molar-refractivity contribution < 1.29 is 41.6 Å². The van der Waals surface area contributed by atoms with Crippen LogP contribution in [0.3, 0.4) is 0 Å². The number of nitrogens with one attached hydrogen (secondary N) is 3. The van der Waals surface area contributed by atoms with E-state index in [-0.39, 0.29) is 53.0 Å². The zero-order valence-electron chi connectivity index (χ0n) is 24.1. The Morgan fingerprint density at radius 1 is 1.17 bits per heavy atom. The molecule has 0 bridgehead atoms. The van der Waals surface area contributed by atoms with Crippen LogP contribution >= 0.6 is 19.2 Å². The molecule has 1 saturated carbocycles. The maximum absolute atomic E-state index is 13.7. The van der Waals surface area contributed by atoms with E-state index in [0.717, 1.165) is 29.6 Å². The molecule has 3 heterocycles. The number of halogens is 3. The SMILES string of the molecule is CCNC(=O)Nc1cc(-c2nc(C(F)(F)F)cs2)c(-c2ccc3c(c2)c(=O)c(C(=O)NCCCOP(=O)(O)O)cn3C2CC2)cn1. The van der Waals surface area contributed by atoms with Crippen LogP contribution in [0.25, 0.3) is 32.6 Å². The zero-order valence-corrected chi connectivity index (χ0v) is 25.8. The molecule has 18 heteroatoms. The molecule has 46 heavy (non-hydrogen) atoms. The minimum absolute atomic E-state index is 0.00928. The van der Waals surface area contributed by atoms with E-state index in [0.29, 0.717) is 23.2 Å². The molecule has 5 rings (SSSR count). The highest BCUT2D eigenvalue weighted by Gasteiger charge is 2.34. The van der Waals surface area contributed by atoms with Crippen LogP contribution in [0, 0.1) is 0 Å². The molecule has 0 radical (unpaired) electrons. The van der Waals surface area contributed by atoms with E-state index in [2.05, 4.69) is 30.4 Å². The maximum atomic E-state index is 13.7. The zero-order chi connectivity index (χ0) is 33.2. The average Bonchev–Trinajstić information content (AvgIpc) is 3.70. The summed E-state index contributed by atoms with van der Waals surface area (Å²) in [5.41, 5.74) is -0.282. The minimum atomic E-state index is -4.68. The van der Waals surface area contributed by atoms with Crippen molar-refractivity contribution in [2.24, 2.45) is 0 Å². The number of urea groups is 1. The quantitative estimate of drug-likeness (QED) is 0.108. The summed E-state index contributed by atoms with van der Waals surface area (Å²) in [6.45, 7) is 1.72. The van der Waals surface area contributed by atoms with Crippen molar-refractivity contribution in [3.63, 3.8) is 0 Å². The Kier molecular flexibility index (Phi) is 9.60. The van der Waals surface area contributed by atoms with Gasteiger partial charge in [0.2, 0.25) is 5.43 Å². The molecule has 5 N–H and O–H groups in total. The summed E-state index contributed by atoms with van der Waals surface area (Å²) in [6.07, 6.45) is -0.0845. The number of fused-ring (bicyclic) bond motifs is 1. The number of phosphoric ester groups is 1. The molecule has 4 aromatic rings. The minimum Gasteiger partial charge on any atom is -0.352 e. The number of amides is 3. The van der Waals surface area contributed by atoms with Gasteiger partial charge in [-0.3, -0.25) is 19.4 Å². The van der Waals surface area contributed by atoms with Crippen LogP contribution in [0.5, 0.6) is 0 Å². The molecule has 1 aromatic carbocycles. The molecule has 0 spiro atoms. The average molecular weight is 681 g/mol. The van der Waals surface area contributed by atoms with E-state index in [1.54, 1.807) is 19.1 Å². The predicted octanol–water partition coefficient (Wildman–Crippen LogP) is 4.91. The largest absolute Gasteiger partial charge is 0.469 e. The van der Waals surface area contributed by atoms with Gasteiger partial charge >= 0.3 is 20.0 Å². The van der Waals surface area contributed by atoms with Crippen molar-refractivity contribution in [3.8, 4) is 21.7 Å². The van der Waals surface area contributed by atoms with Gasteiger partial charge in [0.15, 0.2) is 5.69 Å². The molecule has 0 atom stereocenters. The fraction of sp³-hybridized carbons (Fsp3) is 0.321. The van der Waals surface area contributed by atoms with Gasteiger partial charge < -0.3 is 25.0 Å². The Hall–Kier alpha value is -4.15. The molecule has 1 fully saturated rings. The highest BCUT2D eigenvalue weighted by Crippen LogP contribution is 2.41. The van der Waals surface area contributed by atoms with E-state index >= 15 is 0 Å². The first-order valence-corrected chi connectivity index (χ1v) is 16.4. The molecule has 1 aliphatic carbocycles. The number of carbonyl (C=O) groups is 2. The topological polar surface area (TPSA) is 185 Å². The molecule has 244 valence electrons. The molecule has 1 aliphatic rings. The second kappa shape index (κ2) is 13.3. The molecule has 0 saturated heterocycles. The lowest BCUT2D eigenvalue weighted by Gasteiger charge is -2.15. The number of carbonyl (C=O) groups excluding carboxylic acids is 2. The lowest BCUT2D eigenvalue weighted by molar-refractivity contribution is -0.140. The standard InChI is InChI=1S/C28H28F3N6O7PS/c1-2-32-27(40)36-23-11-17(26-35-22(14-46-26)28(29,30)31)19(12-34-23)15-4-7-21-18(10-15)24(38)20(13-37(21)16-5-6-16)25(39)33-8-3-9-44-45(41,42)43/h4,7,10-14,16H,2-3,5-6,8-9H2,1H3,(H,33,39)(H2,41,42,43)(H2,32,34,36,40). The van der Waals surface area contributed by atoms with Crippen molar-refractivity contribution in [3.05, 3.63) is 63.5 Å². The second-order valence-corrected chi connectivity index (χ2v) is 12.4. The Balaban J connectivity index is 1.55. The van der Waals surface area contributed by atoms with Gasteiger partial charge in [0, 0.05) is 53.4 Å². The van der Waals surface area contributed by atoms with Gasteiger partial charge in [-0.25, -0.2) is 19.3 Å². The number of thiazole rings is 1. The van der Waals surface area contributed by atoms with Gasteiger partial charge in [-0.05, 0) is 49.9 Å². The van der Waals surface area contributed by atoms with Crippen molar-refractivity contribution in [1.29, 1.82) is 0 Å². The first-order valence-electron chi connectivity index (χ1n) is 14.0. The maximum Gasteiger partial charge on any atom is 0.469 e. The van der Waals surface area contributed by atoms with Crippen LogP contribution in [0.2, 0.25) is 0 Å². The van der Waals surface area contributed by atoms with Crippen molar-refractivity contribution in [2.75, 3.05) is 25.0 Å². The van der Waals surface area contributed by atoms with Gasteiger partial charge in [0.05, 0.1) is 12.1 Å². The van der Waals surface area contributed by atoms with E-state index in [1.165, 1.54) is 24.5 Å². The van der Waals surface area contributed by atoms with Gasteiger partial charge in [-0.2, -0.15) is 13.2 Å². The van der Waals surface area contributed by atoms with Crippen LogP contribution in [0.1, 0.15) is 48.3 Å². The van der Waals surface area contributed by atoms with E-state index < -0.39 is 37.1 Å². The molecule has 0 unspecified atom stereocenters. The van der Waals surface area contributed by atoms with Crippen molar-refractivity contribution >= 4 is 47.8 Å². The van der Waals surface area contributed by atoms with Crippen LogP contribution in [-0.2, 0) is 15.3 Å². The van der Waals surface area contributed by atoms with Gasteiger partial charge in [-0.15, -0.1) is 11.3 Å². The summed E-state index contributed by atoms with van der Waals surface area (Å²) < 4.78 is 57.3. The van der Waals surface area contributed by atoms with Crippen molar-refractivity contribution in [1.82, 2.24) is 25.2 Å². The number of hydrogen-bond donors (Lipinski definition) is 5. The van der Waals surface area contributed by atoms with Gasteiger partial charge in [0.25, 0.3) is 5.91 Å². The highest BCUT2D eigenvalue weighted by molar-refractivity contribution is 7.46. The third-order valence-corrected chi connectivity index (χ3v) is 8.30. The second-order valence-electron chi connectivity index (χ2n) is 10.3. The first-order chi connectivity index (χ1) is 21.7. The fourth-order valence-electron chi connectivity index (χ4n) is 4.67. The Morgan fingerprint density at radius 2 is 1.93 bits per heavy atom. The number of hydrogen-bond acceptors (Lipinski definition) is 8. The summed E-state index contributed by atoms with van der Waals surface area (Å²) in [7, 11) is -4.65. The Morgan fingerprint density at radius 3 is 2.59 bits per heavy atom. The summed E-state index contributed by atoms with van der Waals surface area (Å²) >= 11 is 0.758. The van der Waals surface area contributed by atoms with E-state index in [9.17, 15) is 32.1 Å². The normalized spacial score (nSPS) is 13.5. The van der Waals surface area contributed by atoms with Gasteiger partial charge in [0.1, 0.15) is 16.4 Å². The summed E-state index contributed by atoms with van der Waals surface area (Å²) in [5.74, 6) is -0.621. The van der Waals surface area contributed by atoms with Crippen LogP contribution < -0.4 is 21.4 Å². The number of anilines is 1. The number of rotatable bonds is 11. The Bertz CT molecular complexity index is 1900. The lowest BCUT2D eigenvalue weighted by Crippen LogP contribution is -2.31. The molecular weight excluding hydrogens is 652 g/mol. The monoisotopic (exact) mass is 680 g/mol. The first kappa shape index (κ1) is 33.2. The number of alkyl halides is 3. The fourth-order valence-corrected chi connectivity index (χ4v) is 5.90. The summed E-state index contributed by atoms with van der Waals surface area (Å²) in [5, 5.41) is 8.73. The third kappa shape index (κ3) is 7.79. The molecule has 13 nitrogen and oxygen atoms in total. The van der Waals surface area contributed by atoms with Crippen LogP contribution in [0.4, 0.5) is 23.8 Å².